The molecule has 1 amide bonds. The number of rotatable bonds is 2. The standard InChI is InChI=1S/C18H16N2OS/c1-12-3-7-14(8-4-12)11-16-17(21)20(18(22)19-16)15-9-5-13(2)6-10-15/h3-11H,1-2H3,(H,19,22)/b16-11+. The van der Waals surface area contributed by atoms with Crippen LogP contribution in [0.15, 0.2) is 54.2 Å². The first-order valence-electron chi connectivity index (χ1n) is 7.05. The van der Waals surface area contributed by atoms with Gasteiger partial charge in [-0.3, -0.25) is 9.69 Å². The molecule has 4 heteroatoms. The zero-order chi connectivity index (χ0) is 15.7. The molecule has 0 radical (unpaired) electrons. The number of nitrogens with zero attached hydrogens (tertiary/aromatic N) is 1. The maximum absolute atomic E-state index is 12.6. The Hall–Kier alpha value is -2.46. The van der Waals surface area contributed by atoms with E-state index in [-0.39, 0.29) is 5.91 Å². The fraction of sp³-hybridized carbons (Fsp3) is 0.111. The predicted molar refractivity (Wildman–Crippen MR) is 93.6 cm³/mol. The molecule has 0 atom stereocenters. The van der Waals surface area contributed by atoms with E-state index in [1.54, 1.807) is 0 Å². The Bertz CT molecular complexity index is 761. The van der Waals surface area contributed by atoms with E-state index in [0.29, 0.717) is 10.8 Å². The summed E-state index contributed by atoms with van der Waals surface area (Å²) >= 11 is 5.30. The van der Waals surface area contributed by atoms with Crippen LogP contribution in [0.2, 0.25) is 0 Å². The van der Waals surface area contributed by atoms with Crippen LogP contribution in [-0.2, 0) is 4.79 Å². The fourth-order valence-electron chi connectivity index (χ4n) is 2.29. The maximum Gasteiger partial charge on any atom is 0.281 e. The smallest absolute Gasteiger partial charge is 0.281 e. The van der Waals surface area contributed by atoms with Crippen LogP contribution < -0.4 is 10.2 Å². The van der Waals surface area contributed by atoms with Crippen LogP contribution in [0.3, 0.4) is 0 Å². The van der Waals surface area contributed by atoms with Gasteiger partial charge in [0.15, 0.2) is 5.11 Å². The first-order valence-corrected chi connectivity index (χ1v) is 7.46. The van der Waals surface area contributed by atoms with E-state index in [2.05, 4.69) is 5.32 Å². The molecule has 0 unspecified atom stereocenters. The average molecular weight is 308 g/mol. The second kappa shape index (κ2) is 5.73. The van der Waals surface area contributed by atoms with Gasteiger partial charge < -0.3 is 5.32 Å². The Morgan fingerprint density at radius 2 is 1.50 bits per heavy atom. The molecular weight excluding hydrogens is 292 g/mol. The molecule has 0 aromatic heterocycles. The number of hydrogen-bond acceptors (Lipinski definition) is 2. The van der Waals surface area contributed by atoms with Gasteiger partial charge in [0, 0.05) is 0 Å². The van der Waals surface area contributed by atoms with E-state index in [9.17, 15) is 4.79 Å². The molecule has 3 nitrogen and oxygen atoms in total. The topological polar surface area (TPSA) is 32.3 Å². The molecule has 3 rings (SSSR count). The number of anilines is 1. The van der Waals surface area contributed by atoms with Crippen molar-refractivity contribution in [3.63, 3.8) is 0 Å². The molecule has 1 aliphatic heterocycles. The minimum atomic E-state index is -0.130. The molecular formula is C18H16N2OS. The van der Waals surface area contributed by atoms with E-state index in [0.717, 1.165) is 16.8 Å². The molecule has 0 saturated carbocycles. The molecule has 0 spiro atoms. The van der Waals surface area contributed by atoms with Gasteiger partial charge in [0.25, 0.3) is 5.91 Å². The van der Waals surface area contributed by atoms with Crippen molar-refractivity contribution in [2.24, 2.45) is 0 Å². The Morgan fingerprint density at radius 1 is 0.955 bits per heavy atom. The summed E-state index contributed by atoms with van der Waals surface area (Å²) in [6, 6.07) is 15.7. The predicted octanol–water partition coefficient (Wildman–Crippen LogP) is 3.57. The Morgan fingerprint density at radius 3 is 2.09 bits per heavy atom. The van der Waals surface area contributed by atoms with Crippen molar-refractivity contribution in [2.45, 2.75) is 13.8 Å². The largest absolute Gasteiger partial charge is 0.327 e. The number of carbonyl (C=O) groups excluding carboxylic acids is 1. The lowest BCUT2D eigenvalue weighted by molar-refractivity contribution is -0.113. The summed E-state index contributed by atoms with van der Waals surface area (Å²) in [4.78, 5) is 14.1. The van der Waals surface area contributed by atoms with Crippen LogP contribution >= 0.6 is 12.2 Å². The lowest BCUT2D eigenvalue weighted by Gasteiger charge is -2.13. The van der Waals surface area contributed by atoms with E-state index in [1.165, 1.54) is 10.5 Å². The van der Waals surface area contributed by atoms with Crippen LogP contribution in [-0.4, -0.2) is 11.0 Å². The molecule has 2 aromatic carbocycles. The van der Waals surface area contributed by atoms with Gasteiger partial charge in [0.2, 0.25) is 0 Å². The Kier molecular flexibility index (Phi) is 3.77. The highest BCUT2D eigenvalue weighted by atomic mass is 32.1. The summed E-state index contributed by atoms with van der Waals surface area (Å²) in [6.45, 7) is 4.04. The van der Waals surface area contributed by atoms with Crippen LogP contribution in [0.1, 0.15) is 16.7 Å². The molecule has 0 bridgehead atoms. The van der Waals surface area contributed by atoms with Crippen LogP contribution in [0, 0.1) is 13.8 Å². The third-order valence-corrected chi connectivity index (χ3v) is 3.84. The van der Waals surface area contributed by atoms with Crippen molar-refractivity contribution < 1.29 is 4.79 Å². The van der Waals surface area contributed by atoms with Crippen molar-refractivity contribution >= 4 is 35.0 Å². The molecule has 0 aliphatic carbocycles. The summed E-state index contributed by atoms with van der Waals surface area (Å²) in [5.74, 6) is -0.130. The lowest BCUT2D eigenvalue weighted by Crippen LogP contribution is -2.30. The lowest BCUT2D eigenvalue weighted by atomic mass is 10.1. The van der Waals surface area contributed by atoms with Gasteiger partial charge >= 0.3 is 0 Å². The van der Waals surface area contributed by atoms with Gasteiger partial charge in [-0.2, -0.15) is 0 Å². The van der Waals surface area contributed by atoms with E-state index in [1.807, 2.05) is 68.5 Å². The number of nitrogens with one attached hydrogen (secondary N) is 1. The monoisotopic (exact) mass is 308 g/mol. The summed E-state index contributed by atoms with van der Waals surface area (Å²) in [6.07, 6.45) is 1.82. The van der Waals surface area contributed by atoms with Crippen molar-refractivity contribution in [3.05, 3.63) is 70.9 Å². The highest BCUT2D eigenvalue weighted by molar-refractivity contribution is 7.80. The van der Waals surface area contributed by atoms with Gasteiger partial charge in [0.05, 0.1) is 5.69 Å². The SMILES string of the molecule is Cc1ccc(/C=C2/NC(=S)N(c3ccc(C)cc3)C2=O)cc1. The molecule has 1 fully saturated rings. The quantitative estimate of drug-likeness (QED) is 0.680. The Balaban J connectivity index is 1.91. The van der Waals surface area contributed by atoms with Crippen molar-refractivity contribution in [2.75, 3.05) is 4.90 Å². The van der Waals surface area contributed by atoms with Gasteiger partial charge in [-0.25, -0.2) is 0 Å². The van der Waals surface area contributed by atoms with Crippen molar-refractivity contribution in [3.8, 4) is 0 Å². The highest BCUT2D eigenvalue weighted by Gasteiger charge is 2.31. The minimum absolute atomic E-state index is 0.130. The molecule has 1 N–H and O–H groups in total. The van der Waals surface area contributed by atoms with Crippen molar-refractivity contribution in [1.82, 2.24) is 5.32 Å². The number of carbonyl (C=O) groups is 1. The number of amides is 1. The third-order valence-electron chi connectivity index (χ3n) is 3.56. The molecule has 110 valence electrons. The van der Waals surface area contributed by atoms with E-state index in [4.69, 9.17) is 12.2 Å². The Labute approximate surface area is 135 Å². The first-order chi connectivity index (χ1) is 10.5. The number of hydrogen-bond donors (Lipinski definition) is 1. The van der Waals surface area contributed by atoms with E-state index >= 15 is 0 Å². The number of aryl methyl sites for hydroxylation is 2. The molecule has 1 saturated heterocycles. The zero-order valence-electron chi connectivity index (χ0n) is 12.5. The van der Waals surface area contributed by atoms with Crippen LogP contribution in [0.5, 0.6) is 0 Å². The van der Waals surface area contributed by atoms with Crippen LogP contribution in [0.25, 0.3) is 6.08 Å². The normalized spacial score (nSPS) is 16.3. The third kappa shape index (κ3) is 2.78. The summed E-state index contributed by atoms with van der Waals surface area (Å²) in [7, 11) is 0. The second-order valence-electron chi connectivity index (χ2n) is 5.37. The second-order valence-corrected chi connectivity index (χ2v) is 5.76. The summed E-state index contributed by atoms with van der Waals surface area (Å²) in [5.41, 5.74) is 4.57. The number of thiocarbonyl (C=S) groups is 1. The van der Waals surface area contributed by atoms with Gasteiger partial charge in [-0.15, -0.1) is 0 Å². The zero-order valence-corrected chi connectivity index (χ0v) is 13.3. The maximum atomic E-state index is 12.6. The fourth-order valence-corrected chi connectivity index (χ4v) is 2.59. The number of benzene rings is 2. The summed E-state index contributed by atoms with van der Waals surface area (Å²) in [5, 5.41) is 3.41. The first kappa shape index (κ1) is 14.5. The van der Waals surface area contributed by atoms with Crippen molar-refractivity contribution in [1.29, 1.82) is 0 Å². The molecule has 1 heterocycles. The molecule has 1 aliphatic rings. The van der Waals surface area contributed by atoms with Gasteiger partial charge in [-0.05, 0) is 49.8 Å². The van der Waals surface area contributed by atoms with Gasteiger partial charge in [0.1, 0.15) is 5.70 Å². The summed E-state index contributed by atoms with van der Waals surface area (Å²) < 4.78 is 0. The minimum Gasteiger partial charge on any atom is -0.327 e. The van der Waals surface area contributed by atoms with E-state index < -0.39 is 0 Å². The molecule has 2 aromatic rings. The average Bonchev–Trinajstić information content (AvgIpc) is 2.77. The van der Waals surface area contributed by atoms with Crippen LogP contribution in [0.4, 0.5) is 5.69 Å². The highest BCUT2D eigenvalue weighted by Crippen LogP contribution is 2.22. The van der Waals surface area contributed by atoms with Gasteiger partial charge in [-0.1, -0.05) is 47.5 Å². The molecule has 22 heavy (non-hydrogen) atoms.